The van der Waals surface area contributed by atoms with Gasteiger partial charge in [0.1, 0.15) is 11.6 Å². The van der Waals surface area contributed by atoms with Crippen molar-refractivity contribution in [2.24, 2.45) is 0 Å². The number of ether oxygens (including phenoxy) is 1. The zero-order valence-electron chi connectivity index (χ0n) is 10.9. The van der Waals surface area contributed by atoms with Crippen LogP contribution in [0.15, 0.2) is 24.3 Å². The lowest BCUT2D eigenvalue weighted by molar-refractivity contribution is -0.276. The molecule has 22 heavy (non-hydrogen) atoms. The molecule has 0 N–H and O–H groups in total. The quantitative estimate of drug-likeness (QED) is 0.697. The second-order valence-corrected chi connectivity index (χ2v) is 4.42. The SMILES string of the molecule is Cc1cc(F)c(-c2cc(F)c(OC(F)(F)F)c(F)c2)c(F)c1. The fourth-order valence-corrected chi connectivity index (χ4v) is 1.89. The van der Waals surface area contributed by atoms with Gasteiger partial charge < -0.3 is 4.74 Å². The minimum absolute atomic E-state index is 0.233. The lowest BCUT2D eigenvalue weighted by atomic mass is 10.0. The number of hydrogen-bond donors (Lipinski definition) is 0. The van der Waals surface area contributed by atoms with Crippen molar-refractivity contribution in [1.82, 2.24) is 0 Å². The molecule has 0 radical (unpaired) electrons. The van der Waals surface area contributed by atoms with Gasteiger partial charge in [0.15, 0.2) is 11.6 Å². The minimum atomic E-state index is -5.30. The van der Waals surface area contributed by atoms with Gasteiger partial charge in [-0.15, -0.1) is 13.2 Å². The lowest BCUT2D eigenvalue weighted by Crippen LogP contribution is -2.19. The smallest absolute Gasteiger partial charge is 0.399 e. The molecule has 8 heteroatoms. The van der Waals surface area contributed by atoms with E-state index in [2.05, 4.69) is 4.74 Å². The third-order valence-electron chi connectivity index (χ3n) is 2.69. The van der Waals surface area contributed by atoms with E-state index in [1.807, 2.05) is 0 Å². The summed E-state index contributed by atoms with van der Waals surface area (Å²) >= 11 is 0. The van der Waals surface area contributed by atoms with Gasteiger partial charge in [0.05, 0.1) is 5.56 Å². The molecule has 0 aliphatic rings. The Hall–Kier alpha value is -2.25. The van der Waals surface area contributed by atoms with Crippen molar-refractivity contribution in [2.75, 3.05) is 0 Å². The zero-order chi connectivity index (χ0) is 16.7. The number of aryl methyl sites for hydroxylation is 1. The van der Waals surface area contributed by atoms with E-state index in [0.29, 0.717) is 12.1 Å². The van der Waals surface area contributed by atoms with Crippen LogP contribution in [0, 0.1) is 30.2 Å². The van der Waals surface area contributed by atoms with Gasteiger partial charge in [-0.05, 0) is 42.3 Å². The summed E-state index contributed by atoms with van der Waals surface area (Å²) < 4.78 is 93.9. The number of rotatable bonds is 2. The van der Waals surface area contributed by atoms with Crippen LogP contribution in [0.25, 0.3) is 11.1 Å². The molecule has 0 aliphatic heterocycles. The minimum Gasteiger partial charge on any atom is -0.399 e. The highest BCUT2D eigenvalue weighted by atomic mass is 19.4. The molecular weight excluding hydrogens is 317 g/mol. The van der Waals surface area contributed by atoms with E-state index in [9.17, 15) is 30.7 Å². The van der Waals surface area contributed by atoms with Crippen LogP contribution >= 0.6 is 0 Å². The maximum Gasteiger partial charge on any atom is 0.573 e. The monoisotopic (exact) mass is 324 g/mol. The third-order valence-corrected chi connectivity index (χ3v) is 2.69. The molecule has 1 nitrogen and oxygen atoms in total. The van der Waals surface area contributed by atoms with Crippen LogP contribution in [-0.4, -0.2) is 6.36 Å². The van der Waals surface area contributed by atoms with Crippen molar-refractivity contribution in [3.63, 3.8) is 0 Å². The molecular formula is C14H7F7O. The summed E-state index contributed by atoms with van der Waals surface area (Å²) in [4.78, 5) is 0. The molecule has 2 aromatic carbocycles. The molecule has 0 saturated heterocycles. The van der Waals surface area contributed by atoms with Crippen molar-refractivity contribution >= 4 is 0 Å². The van der Waals surface area contributed by atoms with Crippen molar-refractivity contribution in [2.45, 2.75) is 13.3 Å². The number of alkyl halides is 3. The fourth-order valence-electron chi connectivity index (χ4n) is 1.89. The molecule has 0 heterocycles. The summed E-state index contributed by atoms with van der Waals surface area (Å²) in [6.45, 7) is 1.40. The van der Waals surface area contributed by atoms with E-state index in [4.69, 9.17) is 0 Å². The Labute approximate surface area is 119 Å². The topological polar surface area (TPSA) is 9.23 Å². The van der Waals surface area contributed by atoms with Gasteiger partial charge >= 0.3 is 6.36 Å². The van der Waals surface area contributed by atoms with Gasteiger partial charge in [0, 0.05) is 0 Å². The van der Waals surface area contributed by atoms with Gasteiger partial charge in [0.25, 0.3) is 0 Å². The van der Waals surface area contributed by atoms with Crippen LogP contribution in [0.3, 0.4) is 0 Å². The van der Waals surface area contributed by atoms with Crippen molar-refractivity contribution in [3.05, 3.63) is 53.1 Å². The number of hydrogen-bond acceptors (Lipinski definition) is 1. The van der Waals surface area contributed by atoms with Crippen LogP contribution in [0.2, 0.25) is 0 Å². The van der Waals surface area contributed by atoms with Crippen LogP contribution in [0.1, 0.15) is 5.56 Å². The zero-order valence-corrected chi connectivity index (χ0v) is 10.9. The van der Waals surface area contributed by atoms with E-state index in [1.165, 1.54) is 6.92 Å². The van der Waals surface area contributed by atoms with Crippen LogP contribution in [-0.2, 0) is 0 Å². The highest BCUT2D eigenvalue weighted by molar-refractivity contribution is 5.66. The van der Waals surface area contributed by atoms with Crippen molar-refractivity contribution < 1.29 is 35.5 Å². The van der Waals surface area contributed by atoms with Gasteiger partial charge in [0.2, 0.25) is 5.75 Å². The Morgan fingerprint density at radius 2 is 1.23 bits per heavy atom. The standard InChI is InChI=1S/C14H7F7O/c1-6-2-8(15)12(9(16)3-6)7-4-10(17)13(11(18)5-7)22-14(19,20)21/h2-5H,1H3. The van der Waals surface area contributed by atoms with Gasteiger partial charge in [-0.3, -0.25) is 0 Å². The Bertz CT molecular complexity index is 676. The molecule has 118 valence electrons. The Morgan fingerprint density at radius 1 is 0.773 bits per heavy atom. The fraction of sp³-hybridized carbons (Fsp3) is 0.143. The first-order chi connectivity index (χ1) is 10.1. The normalized spacial score (nSPS) is 11.6. The van der Waals surface area contributed by atoms with Crippen molar-refractivity contribution in [3.8, 4) is 16.9 Å². The molecule has 2 aromatic rings. The molecule has 0 saturated carbocycles. The predicted octanol–water partition coefficient (Wildman–Crippen LogP) is 5.12. The van der Waals surface area contributed by atoms with E-state index in [1.54, 1.807) is 0 Å². The third kappa shape index (κ3) is 3.32. The van der Waals surface area contributed by atoms with Gasteiger partial charge in [-0.2, -0.15) is 0 Å². The summed E-state index contributed by atoms with van der Waals surface area (Å²) in [5, 5.41) is 0. The summed E-state index contributed by atoms with van der Waals surface area (Å²) in [7, 11) is 0. The highest BCUT2D eigenvalue weighted by Crippen LogP contribution is 2.34. The predicted molar refractivity (Wildman–Crippen MR) is 63.1 cm³/mol. The van der Waals surface area contributed by atoms with Gasteiger partial charge in [-0.1, -0.05) is 0 Å². The second kappa shape index (κ2) is 5.51. The number of benzene rings is 2. The molecule has 0 atom stereocenters. The largest absolute Gasteiger partial charge is 0.573 e. The van der Waals surface area contributed by atoms with Crippen LogP contribution in [0.5, 0.6) is 5.75 Å². The summed E-state index contributed by atoms with van der Waals surface area (Å²) in [6.07, 6.45) is -5.30. The first-order valence-electron chi connectivity index (χ1n) is 5.79. The van der Waals surface area contributed by atoms with Crippen LogP contribution < -0.4 is 4.74 Å². The van der Waals surface area contributed by atoms with Gasteiger partial charge in [-0.25, -0.2) is 17.6 Å². The van der Waals surface area contributed by atoms with E-state index in [0.717, 1.165) is 12.1 Å². The molecule has 0 aliphatic carbocycles. The Morgan fingerprint density at radius 3 is 1.64 bits per heavy atom. The van der Waals surface area contributed by atoms with E-state index < -0.39 is 46.5 Å². The summed E-state index contributed by atoms with van der Waals surface area (Å²) in [5.41, 5.74) is -1.10. The first-order valence-corrected chi connectivity index (χ1v) is 5.79. The molecule has 0 fully saturated rings. The molecule has 2 rings (SSSR count). The Kier molecular flexibility index (Phi) is 4.04. The molecule has 0 amide bonds. The average molecular weight is 324 g/mol. The van der Waals surface area contributed by atoms with Crippen molar-refractivity contribution in [1.29, 1.82) is 0 Å². The van der Waals surface area contributed by atoms with Crippen LogP contribution in [0.4, 0.5) is 30.7 Å². The van der Waals surface area contributed by atoms with E-state index in [-0.39, 0.29) is 5.56 Å². The lowest BCUT2D eigenvalue weighted by Gasteiger charge is -2.13. The number of halogens is 7. The summed E-state index contributed by atoms with van der Waals surface area (Å²) in [5.74, 6) is -7.34. The molecule has 0 aromatic heterocycles. The summed E-state index contributed by atoms with van der Waals surface area (Å²) in [6, 6.07) is 2.57. The average Bonchev–Trinajstić information content (AvgIpc) is 2.31. The molecule has 0 spiro atoms. The Balaban J connectivity index is 2.56. The molecule has 0 bridgehead atoms. The highest BCUT2D eigenvalue weighted by Gasteiger charge is 2.34. The second-order valence-electron chi connectivity index (χ2n) is 4.42. The molecule has 0 unspecified atom stereocenters. The first kappa shape index (κ1) is 16.1. The maximum absolute atomic E-state index is 13.7. The maximum atomic E-state index is 13.7. The van der Waals surface area contributed by atoms with E-state index >= 15 is 0 Å².